The number of carbonyl (C=O) groups excluding carboxylic acids is 1. The number of anilines is 3. The van der Waals surface area contributed by atoms with Crippen LogP contribution >= 0.6 is 0 Å². The van der Waals surface area contributed by atoms with E-state index in [1.54, 1.807) is 0 Å². The Morgan fingerprint density at radius 3 is 2.88 bits per heavy atom. The van der Waals surface area contributed by atoms with Crippen LogP contribution < -0.4 is 16.0 Å². The molecule has 2 aromatic rings. The molecule has 6 nitrogen and oxygen atoms in total. The molecule has 1 fully saturated rings. The van der Waals surface area contributed by atoms with Crippen LogP contribution in [0.1, 0.15) is 47.3 Å². The fourth-order valence-electron chi connectivity index (χ4n) is 3.61. The molecule has 1 amide bonds. The Morgan fingerprint density at radius 1 is 1.24 bits per heavy atom. The molecule has 0 bridgehead atoms. The zero-order chi connectivity index (χ0) is 17.2. The number of hydrogen-bond acceptors (Lipinski definition) is 5. The summed E-state index contributed by atoms with van der Waals surface area (Å²) >= 11 is 0. The lowest BCUT2D eigenvalue weighted by atomic mass is 10.1. The summed E-state index contributed by atoms with van der Waals surface area (Å²) in [4.78, 5) is 21.3. The third-order valence-electron chi connectivity index (χ3n) is 4.93. The zero-order valence-corrected chi connectivity index (χ0v) is 14.4. The van der Waals surface area contributed by atoms with Crippen LogP contribution in [0.15, 0.2) is 24.3 Å². The van der Waals surface area contributed by atoms with Gasteiger partial charge < -0.3 is 16.0 Å². The summed E-state index contributed by atoms with van der Waals surface area (Å²) in [7, 11) is 0. The third-order valence-corrected chi connectivity index (χ3v) is 4.93. The molecule has 0 unspecified atom stereocenters. The lowest BCUT2D eigenvalue weighted by molar-refractivity contribution is 0.0966. The summed E-state index contributed by atoms with van der Waals surface area (Å²) < 4.78 is 0. The van der Waals surface area contributed by atoms with Crippen LogP contribution in [0.25, 0.3) is 0 Å². The van der Waals surface area contributed by atoms with Gasteiger partial charge in [-0.05, 0) is 43.4 Å². The first-order valence-corrected chi connectivity index (χ1v) is 8.96. The summed E-state index contributed by atoms with van der Waals surface area (Å²) in [5.74, 6) is 1.74. The molecule has 2 aliphatic rings. The maximum Gasteiger partial charge on any atom is 0.257 e. The number of nitrogens with zero attached hydrogens (tertiary/aromatic N) is 2. The van der Waals surface area contributed by atoms with Gasteiger partial charge in [0.1, 0.15) is 11.4 Å². The van der Waals surface area contributed by atoms with E-state index in [-0.39, 0.29) is 5.91 Å². The van der Waals surface area contributed by atoms with Crippen molar-refractivity contribution in [1.82, 2.24) is 15.3 Å². The first kappa shape index (κ1) is 15.9. The van der Waals surface area contributed by atoms with Crippen LogP contribution in [-0.2, 0) is 6.54 Å². The number of aromatic nitrogens is 2. The average molecular weight is 337 g/mol. The van der Waals surface area contributed by atoms with E-state index in [4.69, 9.17) is 0 Å². The molecule has 2 heterocycles. The number of hydrogen-bond donors (Lipinski definition) is 3. The second-order valence-electron chi connectivity index (χ2n) is 6.93. The molecule has 0 atom stereocenters. The van der Waals surface area contributed by atoms with Crippen molar-refractivity contribution >= 4 is 23.4 Å². The number of fused-ring (bicyclic) bond motifs is 1. The molecule has 1 saturated carbocycles. The third kappa shape index (κ3) is 3.43. The fourth-order valence-corrected chi connectivity index (χ4v) is 3.61. The molecule has 6 heteroatoms. The van der Waals surface area contributed by atoms with Gasteiger partial charge in [0.15, 0.2) is 0 Å². The Hall–Kier alpha value is -2.63. The van der Waals surface area contributed by atoms with Crippen LogP contribution in [0.4, 0.5) is 17.5 Å². The van der Waals surface area contributed by atoms with Gasteiger partial charge in [-0.25, -0.2) is 4.98 Å². The van der Waals surface area contributed by atoms with Crippen molar-refractivity contribution in [3.8, 4) is 0 Å². The molecule has 0 spiro atoms. The Balaban J connectivity index is 1.60. The molecule has 0 saturated heterocycles. The molecule has 25 heavy (non-hydrogen) atoms. The molecule has 0 radical (unpaired) electrons. The summed E-state index contributed by atoms with van der Waals surface area (Å²) in [6.45, 7) is 3.39. The quantitative estimate of drug-likeness (QED) is 0.779. The van der Waals surface area contributed by atoms with Gasteiger partial charge >= 0.3 is 0 Å². The highest BCUT2D eigenvalue weighted by atomic mass is 16.2. The van der Waals surface area contributed by atoms with E-state index in [2.05, 4.69) is 25.9 Å². The summed E-state index contributed by atoms with van der Waals surface area (Å²) in [5.41, 5.74) is 3.37. The molecular formula is C19H23N5O. The van der Waals surface area contributed by atoms with Gasteiger partial charge in [0.05, 0.1) is 12.2 Å². The maximum atomic E-state index is 12.2. The van der Waals surface area contributed by atoms with Crippen molar-refractivity contribution in [2.75, 3.05) is 17.2 Å². The second kappa shape index (κ2) is 6.70. The Morgan fingerprint density at radius 2 is 2.08 bits per heavy atom. The standard InChI is InChI=1S/C19H23N5O/c1-12-5-4-8-14(9-12)22-17-16-15(11-20-18(16)25)23-19(24-17)21-10-13-6-2-3-7-13/h4-5,8-9,13H,2-3,6-7,10-11H2,1H3,(H,20,25)(H2,21,22,23,24). The normalized spacial score (nSPS) is 16.6. The second-order valence-corrected chi connectivity index (χ2v) is 6.93. The fraction of sp³-hybridized carbons (Fsp3) is 0.421. The van der Waals surface area contributed by atoms with Gasteiger partial charge in [0, 0.05) is 12.2 Å². The largest absolute Gasteiger partial charge is 0.354 e. The molecule has 1 aliphatic heterocycles. The first-order chi connectivity index (χ1) is 12.2. The SMILES string of the molecule is Cc1cccc(Nc2nc(NCC3CCCC3)nc3c2C(=O)NC3)c1. The highest BCUT2D eigenvalue weighted by Crippen LogP contribution is 2.28. The van der Waals surface area contributed by atoms with Gasteiger partial charge in [0.2, 0.25) is 5.95 Å². The van der Waals surface area contributed by atoms with Crippen molar-refractivity contribution < 1.29 is 4.79 Å². The van der Waals surface area contributed by atoms with Gasteiger partial charge in [-0.15, -0.1) is 0 Å². The smallest absolute Gasteiger partial charge is 0.257 e. The van der Waals surface area contributed by atoms with Crippen molar-refractivity contribution in [3.05, 3.63) is 41.1 Å². The first-order valence-electron chi connectivity index (χ1n) is 8.96. The predicted octanol–water partition coefficient (Wildman–Crippen LogP) is 3.37. The van der Waals surface area contributed by atoms with Gasteiger partial charge in [-0.3, -0.25) is 4.79 Å². The molecule has 1 aromatic heterocycles. The number of carbonyl (C=O) groups is 1. The number of rotatable bonds is 5. The Bertz CT molecular complexity index is 798. The van der Waals surface area contributed by atoms with Crippen LogP contribution in [0, 0.1) is 12.8 Å². The molecule has 3 N–H and O–H groups in total. The van der Waals surface area contributed by atoms with Crippen LogP contribution in [0.2, 0.25) is 0 Å². The van der Waals surface area contributed by atoms with Gasteiger partial charge in [0.25, 0.3) is 5.91 Å². The van der Waals surface area contributed by atoms with Crippen molar-refractivity contribution in [2.24, 2.45) is 5.92 Å². The van der Waals surface area contributed by atoms with Crippen LogP contribution in [0.5, 0.6) is 0 Å². The predicted molar refractivity (Wildman–Crippen MR) is 98.1 cm³/mol. The van der Waals surface area contributed by atoms with Crippen LogP contribution in [0.3, 0.4) is 0 Å². The van der Waals surface area contributed by atoms with Crippen molar-refractivity contribution in [3.63, 3.8) is 0 Å². The lowest BCUT2D eigenvalue weighted by Gasteiger charge is -2.14. The summed E-state index contributed by atoms with van der Waals surface area (Å²) in [6, 6.07) is 8.03. The van der Waals surface area contributed by atoms with Crippen LogP contribution in [-0.4, -0.2) is 22.4 Å². The van der Waals surface area contributed by atoms with E-state index in [0.717, 1.165) is 23.5 Å². The number of aryl methyl sites for hydroxylation is 1. The van der Waals surface area contributed by atoms with Gasteiger partial charge in [-0.2, -0.15) is 4.98 Å². The number of amides is 1. The summed E-state index contributed by atoms with van der Waals surface area (Å²) in [6.07, 6.45) is 5.17. The molecular weight excluding hydrogens is 314 g/mol. The minimum atomic E-state index is -0.118. The number of benzene rings is 1. The Labute approximate surface area is 147 Å². The van der Waals surface area contributed by atoms with E-state index in [0.29, 0.717) is 29.8 Å². The minimum Gasteiger partial charge on any atom is -0.354 e. The van der Waals surface area contributed by atoms with Gasteiger partial charge in [-0.1, -0.05) is 25.0 Å². The highest BCUT2D eigenvalue weighted by Gasteiger charge is 2.27. The van der Waals surface area contributed by atoms with Crippen molar-refractivity contribution in [2.45, 2.75) is 39.2 Å². The molecule has 1 aliphatic carbocycles. The monoisotopic (exact) mass is 337 g/mol. The van der Waals surface area contributed by atoms with E-state index < -0.39 is 0 Å². The number of nitrogens with one attached hydrogen (secondary N) is 3. The molecule has 130 valence electrons. The van der Waals surface area contributed by atoms with E-state index >= 15 is 0 Å². The average Bonchev–Trinajstić information content (AvgIpc) is 3.23. The zero-order valence-electron chi connectivity index (χ0n) is 14.4. The lowest BCUT2D eigenvalue weighted by Crippen LogP contribution is -2.16. The van der Waals surface area contributed by atoms with E-state index in [1.165, 1.54) is 25.7 Å². The molecule has 1 aromatic carbocycles. The summed E-state index contributed by atoms with van der Waals surface area (Å²) in [5, 5.41) is 9.50. The maximum absolute atomic E-state index is 12.2. The topological polar surface area (TPSA) is 78.9 Å². The highest BCUT2D eigenvalue weighted by molar-refractivity contribution is 6.02. The Kier molecular flexibility index (Phi) is 4.26. The van der Waals surface area contributed by atoms with E-state index in [9.17, 15) is 4.79 Å². The van der Waals surface area contributed by atoms with E-state index in [1.807, 2.05) is 31.2 Å². The minimum absolute atomic E-state index is 0.118. The van der Waals surface area contributed by atoms with Crippen molar-refractivity contribution in [1.29, 1.82) is 0 Å². The molecule has 4 rings (SSSR count).